The van der Waals surface area contributed by atoms with Crippen molar-refractivity contribution in [3.8, 4) is 0 Å². The second kappa shape index (κ2) is 6.90. The number of rotatable bonds is 2. The molecule has 8 heteroatoms. The van der Waals surface area contributed by atoms with E-state index in [9.17, 15) is 14.0 Å². The Labute approximate surface area is 172 Å². The lowest BCUT2D eigenvalue weighted by molar-refractivity contribution is 0.0910. The number of furan rings is 1. The minimum Gasteiger partial charge on any atom is -0.450 e. The number of nitrogens with one attached hydrogen (secondary N) is 3. The van der Waals surface area contributed by atoms with E-state index in [2.05, 4.69) is 16.0 Å². The van der Waals surface area contributed by atoms with Gasteiger partial charge < -0.3 is 20.4 Å². The molecule has 6 nitrogen and oxygen atoms in total. The van der Waals surface area contributed by atoms with E-state index in [0.29, 0.717) is 35.6 Å². The number of hydrogen-bond acceptors (Lipinski definition) is 3. The topological polar surface area (TPSA) is 83.4 Å². The first-order valence-electron chi connectivity index (χ1n) is 10.3. The summed E-state index contributed by atoms with van der Waals surface area (Å²) in [6.07, 6.45) is 5.29. The van der Waals surface area contributed by atoms with Crippen LogP contribution in [-0.4, -0.2) is 24.2 Å². The second-order valence-corrected chi connectivity index (χ2v) is 8.85. The van der Waals surface area contributed by atoms with Crippen LogP contribution in [0.4, 0.5) is 14.9 Å². The molecule has 2 atom stereocenters. The van der Waals surface area contributed by atoms with Gasteiger partial charge in [-0.05, 0) is 44.2 Å². The predicted molar refractivity (Wildman–Crippen MR) is 108 cm³/mol. The Bertz CT molecular complexity index is 999. The number of halogens is 2. The predicted octanol–water partition coefficient (Wildman–Crippen LogP) is 5.00. The normalized spacial score (nSPS) is 25.5. The van der Waals surface area contributed by atoms with Gasteiger partial charge in [0.1, 0.15) is 11.8 Å². The Morgan fingerprint density at radius 2 is 2.03 bits per heavy atom. The molecular weight excluding hydrogens is 397 g/mol. The van der Waals surface area contributed by atoms with Crippen LogP contribution in [0.5, 0.6) is 0 Å². The maximum Gasteiger partial charge on any atom is 0.319 e. The van der Waals surface area contributed by atoms with Gasteiger partial charge in [0.25, 0.3) is 5.91 Å². The molecule has 1 spiro atoms. The van der Waals surface area contributed by atoms with Gasteiger partial charge in [0, 0.05) is 17.0 Å². The number of anilines is 1. The molecule has 1 aromatic heterocycles. The number of carbonyl (C=O) groups excluding carboxylic acids is 2. The highest BCUT2D eigenvalue weighted by Crippen LogP contribution is 2.48. The number of amides is 3. The van der Waals surface area contributed by atoms with E-state index in [1.807, 2.05) is 0 Å². The molecule has 2 saturated carbocycles. The van der Waals surface area contributed by atoms with Gasteiger partial charge in [-0.2, -0.15) is 0 Å². The fraction of sp³-hybridized carbons (Fsp3) is 0.524. The van der Waals surface area contributed by atoms with Crippen molar-refractivity contribution in [1.29, 1.82) is 0 Å². The molecule has 3 N–H and O–H groups in total. The maximum atomic E-state index is 13.4. The average Bonchev–Trinajstić information content (AvgIpc) is 3.28. The van der Waals surface area contributed by atoms with Gasteiger partial charge in [-0.15, -0.1) is 0 Å². The third-order valence-corrected chi connectivity index (χ3v) is 6.76. The smallest absolute Gasteiger partial charge is 0.319 e. The number of alkyl halides is 1. The third-order valence-electron chi connectivity index (χ3n) is 6.46. The minimum absolute atomic E-state index is 0.172. The zero-order chi connectivity index (χ0) is 20.2. The molecule has 2 aromatic rings. The number of carbonyl (C=O) groups is 2. The first kappa shape index (κ1) is 18.7. The van der Waals surface area contributed by atoms with Gasteiger partial charge in [0.05, 0.1) is 16.2 Å². The van der Waals surface area contributed by atoms with Crippen molar-refractivity contribution in [1.82, 2.24) is 10.6 Å². The highest BCUT2D eigenvalue weighted by molar-refractivity contribution is 6.35. The molecule has 3 aliphatic rings. The Balaban J connectivity index is 1.57. The van der Waals surface area contributed by atoms with Gasteiger partial charge in [0.15, 0.2) is 5.76 Å². The molecule has 3 amide bonds. The number of benzene rings is 1. The minimum atomic E-state index is -0.859. The maximum absolute atomic E-state index is 13.4. The average molecular weight is 420 g/mol. The lowest BCUT2D eigenvalue weighted by atomic mass is 9.74. The molecule has 29 heavy (non-hydrogen) atoms. The summed E-state index contributed by atoms with van der Waals surface area (Å²) in [4.78, 5) is 25.0. The standard InChI is InChI=1S/C21H23ClFN3O3/c22-14-8-11-9-15(19(27)24-13-5-4-12(23)10-13)29-18(11)16-17(14)25-20(28)26-21(16)6-2-1-3-7-21/h8-9,12-13H,1-7,10H2,(H,24,27)(H2,25,26,28)/t12-,13+/m1/s1. The van der Waals surface area contributed by atoms with Crippen LogP contribution in [-0.2, 0) is 5.54 Å². The lowest BCUT2D eigenvalue weighted by Gasteiger charge is -2.42. The quantitative estimate of drug-likeness (QED) is 0.640. The van der Waals surface area contributed by atoms with Crippen molar-refractivity contribution in [2.24, 2.45) is 0 Å². The number of fused-ring (bicyclic) bond motifs is 4. The zero-order valence-electron chi connectivity index (χ0n) is 15.9. The summed E-state index contributed by atoms with van der Waals surface area (Å²) in [5.74, 6) is -0.176. The fourth-order valence-electron chi connectivity index (χ4n) is 5.11. The van der Waals surface area contributed by atoms with Crippen molar-refractivity contribution in [2.45, 2.75) is 69.1 Å². The van der Waals surface area contributed by atoms with Crippen molar-refractivity contribution < 1.29 is 18.4 Å². The number of urea groups is 1. The van der Waals surface area contributed by atoms with Crippen LogP contribution >= 0.6 is 11.6 Å². The highest BCUT2D eigenvalue weighted by atomic mass is 35.5. The van der Waals surface area contributed by atoms with Gasteiger partial charge in [0.2, 0.25) is 0 Å². The Morgan fingerprint density at radius 1 is 1.24 bits per heavy atom. The van der Waals surface area contributed by atoms with Crippen LogP contribution in [0.3, 0.4) is 0 Å². The van der Waals surface area contributed by atoms with Crippen LogP contribution < -0.4 is 16.0 Å². The summed E-state index contributed by atoms with van der Waals surface area (Å²) >= 11 is 6.50. The van der Waals surface area contributed by atoms with E-state index >= 15 is 0 Å². The van der Waals surface area contributed by atoms with Crippen LogP contribution in [0, 0.1) is 0 Å². The summed E-state index contributed by atoms with van der Waals surface area (Å²) < 4.78 is 19.5. The van der Waals surface area contributed by atoms with Crippen LogP contribution in [0.15, 0.2) is 16.5 Å². The first-order valence-corrected chi connectivity index (χ1v) is 10.6. The number of hydrogen-bond donors (Lipinski definition) is 3. The molecule has 0 saturated heterocycles. The summed E-state index contributed by atoms with van der Waals surface area (Å²) in [6, 6.07) is 2.94. The molecule has 2 aliphatic carbocycles. The molecule has 154 valence electrons. The van der Waals surface area contributed by atoms with Crippen LogP contribution in [0.1, 0.15) is 67.5 Å². The van der Waals surface area contributed by atoms with Crippen molar-refractivity contribution in [3.05, 3.63) is 28.5 Å². The second-order valence-electron chi connectivity index (χ2n) is 8.44. The molecular formula is C21H23ClFN3O3. The molecule has 5 rings (SSSR count). The molecule has 1 aliphatic heterocycles. The Hall–Kier alpha value is -2.28. The third kappa shape index (κ3) is 3.16. The summed E-state index contributed by atoms with van der Waals surface area (Å²) in [7, 11) is 0. The van der Waals surface area contributed by atoms with E-state index in [4.69, 9.17) is 16.0 Å². The molecule has 0 bridgehead atoms. The fourth-order valence-corrected chi connectivity index (χ4v) is 5.37. The highest BCUT2D eigenvalue weighted by Gasteiger charge is 2.44. The molecule has 0 unspecified atom stereocenters. The largest absolute Gasteiger partial charge is 0.450 e. The summed E-state index contributed by atoms with van der Waals surface area (Å²) in [5.41, 5.74) is 1.40. The van der Waals surface area contributed by atoms with Crippen LogP contribution in [0.2, 0.25) is 5.02 Å². The van der Waals surface area contributed by atoms with Crippen molar-refractivity contribution in [3.63, 3.8) is 0 Å². The lowest BCUT2D eigenvalue weighted by Crippen LogP contribution is -2.52. The molecule has 0 radical (unpaired) electrons. The Kier molecular flexibility index (Phi) is 4.46. The van der Waals surface area contributed by atoms with E-state index in [1.165, 1.54) is 0 Å². The first-order chi connectivity index (χ1) is 13.9. The summed E-state index contributed by atoms with van der Waals surface area (Å²) in [5, 5.41) is 9.92. The van der Waals surface area contributed by atoms with E-state index < -0.39 is 11.7 Å². The van der Waals surface area contributed by atoms with Gasteiger partial charge in [-0.1, -0.05) is 30.9 Å². The van der Waals surface area contributed by atoms with Crippen molar-refractivity contribution in [2.75, 3.05) is 5.32 Å². The van der Waals surface area contributed by atoms with E-state index in [1.54, 1.807) is 12.1 Å². The van der Waals surface area contributed by atoms with Crippen molar-refractivity contribution >= 4 is 40.2 Å². The monoisotopic (exact) mass is 419 g/mol. The van der Waals surface area contributed by atoms with E-state index in [-0.39, 0.29) is 23.7 Å². The van der Waals surface area contributed by atoms with Gasteiger partial charge >= 0.3 is 6.03 Å². The molecule has 2 fully saturated rings. The van der Waals surface area contributed by atoms with Gasteiger partial charge in [-0.3, -0.25) is 4.79 Å². The van der Waals surface area contributed by atoms with Gasteiger partial charge in [-0.25, -0.2) is 9.18 Å². The molecule has 2 heterocycles. The zero-order valence-corrected chi connectivity index (χ0v) is 16.7. The van der Waals surface area contributed by atoms with Crippen LogP contribution in [0.25, 0.3) is 11.0 Å². The SMILES string of the molecule is O=C1Nc2c(Cl)cc3cc(C(=O)N[C@H]4CC[C@@H](F)C4)oc3c2C2(CCCCC2)N1. The molecule has 1 aromatic carbocycles. The summed E-state index contributed by atoms with van der Waals surface area (Å²) in [6.45, 7) is 0. The Morgan fingerprint density at radius 3 is 2.76 bits per heavy atom. The van der Waals surface area contributed by atoms with E-state index in [0.717, 1.165) is 43.1 Å².